The number of hydrogen-bond donors (Lipinski definition) is 0. The van der Waals surface area contributed by atoms with Crippen LogP contribution in [0, 0.1) is 6.92 Å². The molecule has 1 aliphatic carbocycles. The van der Waals surface area contributed by atoms with Crippen LogP contribution in [0.25, 0.3) is 0 Å². The van der Waals surface area contributed by atoms with E-state index in [4.69, 9.17) is 0 Å². The molecular formula is C21H23NO. The van der Waals surface area contributed by atoms with Crippen molar-refractivity contribution in [2.75, 3.05) is 4.90 Å². The van der Waals surface area contributed by atoms with Gasteiger partial charge in [-0.15, -0.1) is 0 Å². The number of benzene rings is 2. The van der Waals surface area contributed by atoms with Crippen molar-refractivity contribution >= 4 is 11.5 Å². The lowest BCUT2D eigenvalue weighted by atomic mass is 9.68. The third-order valence-corrected chi connectivity index (χ3v) is 5.63. The normalized spacial score (nSPS) is 26.1. The number of carbonyl (C=O) groups excluding carboxylic acids is 1. The first kappa shape index (κ1) is 14.5. The van der Waals surface area contributed by atoms with Gasteiger partial charge in [-0.2, -0.15) is 0 Å². The van der Waals surface area contributed by atoms with Crippen LogP contribution in [0.5, 0.6) is 0 Å². The van der Waals surface area contributed by atoms with Gasteiger partial charge in [0.2, 0.25) is 0 Å². The predicted octanol–water partition coefficient (Wildman–Crippen LogP) is 4.61. The number of nitrogens with zero attached hydrogens (tertiary/aromatic N) is 1. The van der Waals surface area contributed by atoms with E-state index in [0.29, 0.717) is 12.2 Å². The Labute approximate surface area is 138 Å². The highest BCUT2D eigenvalue weighted by Gasteiger charge is 2.46. The molecule has 2 aliphatic rings. The second-order valence-corrected chi connectivity index (χ2v) is 7.35. The molecule has 2 aromatic carbocycles. The lowest BCUT2D eigenvalue weighted by molar-refractivity contribution is -0.123. The molecule has 2 heteroatoms. The number of anilines is 1. The van der Waals surface area contributed by atoms with E-state index in [1.807, 2.05) is 0 Å². The second-order valence-electron chi connectivity index (χ2n) is 7.35. The number of ketones is 1. The summed E-state index contributed by atoms with van der Waals surface area (Å²) >= 11 is 0. The zero-order valence-electron chi connectivity index (χ0n) is 13.9. The average Bonchev–Trinajstić information content (AvgIpc) is 2.56. The summed E-state index contributed by atoms with van der Waals surface area (Å²) in [5.41, 5.74) is 5.17. The van der Waals surface area contributed by atoms with E-state index in [1.165, 1.54) is 22.4 Å². The monoisotopic (exact) mass is 305 g/mol. The molecule has 2 aromatic rings. The average molecular weight is 305 g/mol. The van der Waals surface area contributed by atoms with Crippen molar-refractivity contribution in [2.24, 2.45) is 0 Å². The molecule has 23 heavy (non-hydrogen) atoms. The maximum atomic E-state index is 12.4. The topological polar surface area (TPSA) is 20.3 Å². The Morgan fingerprint density at radius 1 is 1.17 bits per heavy atom. The van der Waals surface area contributed by atoms with E-state index in [0.717, 1.165) is 19.4 Å². The fraction of sp³-hybridized carbons (Fsp3) is 0.381. The molecule has 1 fully saturated rings. The minimum absolute atomic E-state index is 0.0786. The first-order valence-electron chi connectivity index (χ1n) is 8.52. The summed E-state index contributed by atoms with van der Waals surface area (Å²) in [6.07, 6.45) is 2.62. The fourth-order valence-corrected chi connectivity index (χ4v) is 4.27. The Kier molecular flexibility index (Phi) is 3.29. The molecule has 0 radical (unpaired) electrons. The van der Waals surface area contributed by atoms with Crippen molar-refractivity contribution < 1.29 is 4.79 Å². The van der Waals surface area contributed by atoms with Crippen LogP contribution >= 0.6 is 0 Å². The Hall–Kier alpha value is -2.09. The molecule has 1 saturated carbocycles. The van der Waals surface area contributed by atoms with Crippen molar-refractivity contribution in [3.8, 4) is 0 Å². The summed E-state index contributed by atoms with van der Waals surface area (Å²) in [5, 5.41) is 0. The van der Waals surface area contributed by atoms with Crippen molar-refractivity contribution in [1.82, 2.24) is 0 Å². The number of aryl methyl sites for hydroxylation is 1. The van der Waals surface area contributed by atoms with Crippen molar-refractivity contribution in [3.05, 3.63) is 65.2 Å². The summed E-state index contributed by atoms with van der Waals surface area (Å²) in [7, 11) is 0. The van der Waals surface area contributed by atoms with Gasteiger partial charge in [-0.25, -0.2) is 0 Å². The molecule has 4 rings (SSSR count). The molecule has 0 aromatic heterocycles. The number of fused-ring (bicyclic) bond motifs is 4. The van der Waals surface area contributed by atoms with Gasteiger partial charge in [0.15, 0.2) is 0 Å². The minimum atomic E-state index is 0.0786. The van der Waals surface area contributed by atoms with Crippen LogP contribution in [0.4, 0.5) is 5.69 Å². The number of carbonyl (C=O) groups is 1. The number of Topliss-reactive ketones (excluding diaryl/α,β-unsaturated/α-hetero) is 1. The Morgan fingerprint density at radius 3 is 2.74 bits per heavy atom. The van der Waals surface area contributed by atoms with Gasteiger partial charge >= 0.3 is 0 Å². The quantitative estimate of drug-likeness (QED) is 0.807. The van der Waals surface area contributed by atoms with Gasteiger partial charge in [-0.05, 0) is 49.4 Å². The lowest BCUT2D eigenvalue weighted by Gasteiger charge is -2.52. The van der Waals surface area contributed by atoms with Crippen molar-refractivity contribution in [1.29, 1.82) is 0 Å². The Bertz CT molecular complexity index is 752. The summed E-state index contributed by atoms with van der Waals surface area (Å²) in [6.45, 7) is 5.38. The number of rotatable bonds is 2. The Balaban J connectivity index is 1.83. The van der Waals surface area contributed by atoms with E-state index < -0.39 is 0 Å². The number of hydrogen-bond acceptors (Lipinski definition) is 2. The van der Waals surface area contributed by atoms with E-state index >= 15 is 0 Å². The molecule has 2 nitrogen and oxygen atoms in total. The molecule has 118 valence electrons. The van der Waals surface area contributed by atoms with E-state index in [-0.39, 0.29) is 11.5 Å². The molecule has 0 amide bonds. The standard InChI is InChI=1S/C21H23NO/c1-15-8-9-17-18-13-21(2,11-10-20(18)23)22(19(17)12-15)14-16-6-4-3-5-7-16/h3-9,12,18H,10-11,13-14H2,1-2H3/t18-,21+/m0/s1. The zero-order chi connectivity index (χ0) is 16.0. The molecule has 0 spiro atoms. The summed E-state index contributed by atoms with van der Waals surface area (Å²) < 4.78 is 0. The lowest BCUT2D eigenvalue weighted by Crippen LogP contribution is -2.54. The van der Waals surface area contributed by atoms with Crippen molar-refractivity contribution in [3.63, 3.8) is 0 Å². The minimum Gasteiger partial charge on any atom is -0.362 e. The third kappa shape index (κ3) is 2.37. The summed E-state index contributed by atoms with van der Waals surface area (Å²) in [5.74, 6) is 0.517. The van der Waals surface area contributed by atoms with Gasteiger partial charge in [-0.3, -0.25) is 4.79 Å². The van der Waals surface area contributed by atoms with E-state index in [9.17, 15) is 4.79 Å². The molecule has 1 heterocycles. The van der Waals surface area contributed by atoms with Crippen molar-refractivity contribution in [2.45, 2.75) is 51.1 Å². The highest BCUT2D eigenvalue weighted by molar-refractivity contribution is 5.90. The molecule has 0 unspecified atom stereocenters. The molecule has 2 bridgehead atoms. The van der Waals surface area contributed by atoms with Crippen LogP contribution in [0.1, 0.15) is 48.8 Å². The third-order valence-electron chi connectivity index (χ3n) is 5.63. The molecule has 0 saturated heterocycles. The maximum Gasteiger partial charge on any atom is 0.140 e. The van der Waals surface area contributed by atoms with Crippen LogP contribution in [0.15, 0.2) is 48.5 Å². The SMILES string of the molecule is Cc1ccc2c(c1)N(Cc1ccccc1)[C@]1(C)CCC(=O)[C@H]2C1. The Morgan fingerprint density at radius 2 is 1.96 bits per heavy atom. The van der Waals surface area contributed by atoms with Gasteiger partial charge in [0.1, 0.15) is 5.78 Å². The largest absolute Gasteiger partial charge is 0.362 e. The van der Waals surface area contributed by atoms with Crippen LogP contribution in [-0.4, -0.2) is 11.3 Å². The van der Waals surface area contributed by atoms with Crippen LogP contribution in [-0.2, 0) is 11.3 Å². The predicted molar refractivity (Wildman–Crippen MR) is 93.8 cm³/mol. The first-order chi connectivity index (χ1) is 11.1. The van der Waals surface area contributed by atoms with Gasteiger partial charge in [0.05, 0.1) is 0 Å². The summed E-state index contributed by atoms with van der Waals surface area (Å²) in [6, 6.07) is 17.2. The van der Waals surface area contributed by atoms with E-state index in [2.05, 4.69) is 67.3 Å². The smallest absolute Gasteiger partial charge is 0.140 e. The van der Waals surface area contributed by atoms with Crippen LogP contribution in [0.3, 0.4) is 0 Å². The van der Waals surface area contributed by atoms with Gasteiger partial charge < -0.3 is 4.90 Å². The van der Waals surface area contributed by atoms with Gasteiger partial charge in [0, 0.05) is 30.1 Å². The summed E-state index contributed by atoms with van der Waals surface area (Å²) in [4.78, 5) is 15.0. The fourth-order valence-electron chi connectivity index (χ4n) is 4.27. The second kappa shape index (κ2) is 5.23. The van der Waals surface area contributed by atoms with Gasteiger partial charge in [0.25, 0.3) is 0 Å². The molecular weight excluding hydrogens is 282 g/mol. The maximum absolute atomic E-state index is 12.4. The van der Waals surface area contributed by atoms with Gasteiger partial charge in [-0.1, -0.05) is 42.5 Å². The molecule has 1 aliphatic heterocycles. The highest BCUT2D eigenvalue weighted by atomic mass is 16.1. The zero-order valence-corrected chi connectivity index (χ0v) is 13.9. The van der Waals surface area contributed by atoms with Crippen LogP contribution < -0.4 is 4.90 Å². The molecule has 0 N–H and O–H groups in total. The van der Waals surface area contributed by atoms with E-state index in [1.54, 1.807) is 0 Å². The van der Waals surface area contributed by atoms with Crippen LogP contribution in [0.2, 0.25) is 0 Å². The first-order valence-corrected chi connectivity index (χ1v) is 8.52. The molecule has 2 atom stereocenters. The highest BCUT2D eigenvalue weighted by Crippen LogP contribution is 2.50.